The summed E-state index contributed by atoms with van der Waals surface area (Å²) >= 11 is 0. The van der Waals surface area contributed by atoms with Crippen molar-refractivity contribution in [1.29, 1.82) is 0 Å². The van der Waals surface area contributed by atoms with E-state index in [1.54, 1.807) is 26.2 Å². The summed E-state index contributed by atoms with van der Waals surface area (Å²) in [5, 5.41) is 6.74. The number of rotatable bonds is 5. The number of benzene rings is 2. The van der Waals surface area contributed by atoms with Crippen molar-refractivity contribution in [2.45, 2.75) is 13.5 Å². The summed E-state index contributed by atoms with van der Waals surface area (Å²) in [4.78, 5) is 12.6. The standard InChI is InChI=1S/C19H17FN2O3/c1-12-17(18(22-25-12)13-7-5-8-15(20)10-13)19(23)21-11-14-6-3-4-9-16(14)24-2/h3-10H,11H2,1-2H3,(H,21,23). The van der Waals surface area contributed by atoms with Crippen LogP contribution in [0.15, 0.2) is 53.1 Å². The molecule has 0 aliphatic heterocycles. The van der Waals surface area contributed by atoms with E-state index in [1.807, 2.05) is 24.3 Å². The largest absolute Gasteiger partial charge is 0.496 e. The number of nitrogens with one attached hydrogen (secondary N) is 1. The van der Waals surface area contributed by atoms with Crippen molar-refractivity contribution in [2.24, 2.45) is 0 Å². The number of carbonyl (C=O) groups is 1. The number of hydrogen-bond acceptors (Lipinski definition) is 4. The van der Waals surface area contributed by atoms with Crippen LogP contribution in [-0.2, 0) is 6.54 Å². The van der Waals surface area contributed by atoms with Crippen molar-refractivity contribution in [1.82, 2.24) is 10.5 Å². The summed E-state index contributed by atoms with van der Waals surface area (Å²) in [5.74, 6) is 0.314. The zero-order valence-electron chi connectivity index (χ0n) is 13.9. The fourth-order valence-corrected chi connectivity index (χ4v) is 2.59. The van der Waals surface area contributed by atoms with Gasteiger partial charge < -0.3 is 14.6 Å². The fourth-order valence-electron chi connectivity index (χ4n) is 2.59. The van der Waals surface area contributed by atoms with Gasteiger partial charge in [0, 0.05) is 17.7 Å². The molecule has 3 rings (SSSR count). The summed E-state index contributed by atoms with van der Waals surface area (Å²) in [7, 11) is 1.58. The fraction of sp³-hybridized carbons (Fsp3) is 0.158. The van der Waals surface area contributed by atoms with E-state index in [9.17, 15) is 9.18 Å². The molecule has 2 aromatic carbocycles. The van der Waals surface area contributed by atoms with Crippen LogP contribution < -0.4 is 10.1 Å². The first-order valence-electron chi connectivity index (χ1n) is 7.72. The second kappa shape index (κ2) is 7.17. The molecule has 0 aliphatic rings. The van der Waals surface area contributed by atoms with Crippen LogP contribution in [0.1, 0.15) is 21.7 Å². The molecule has 0 saturated heterocycles. The Morgan fingerprint density at radius 1 is 1.24 bits per heavy atom. The van der Waals surface area contributed by atoms with Gasteiger partial charge >= 0.3 is 0 Å². The van der Waals surface area contributed by atoms with Crippen LogP contribution in [0.25, 0.3) is 11.3 Å². The van der Waals surface area contributed by atoms with Crippen LogP contribution in [0.5, 0.6) is 5.75 Å². The number of amides is 1. The lowest BCUT2D eigenvalue weighted by molar-refractivity contribution is 0.0949. The third kappa shape index (κ3) is 3.52. The first-order valence-corrected chi connectivity index (χ1v) is 7.72. The Labute approximate surface area is 144 Å². The van der Waals surface area contributed by atoms with Gasteiger partial charge in [-0.1, -0.05) is 35.5 Å². The van der Waals surface area contributed by atoms with Gasteiger partial charge in [0.2, 0.25) is 0 Å². The third-order valence-corrected chi connectivity index (χ3v) is 3.82. The van der Waals surface area contributed by atoms with Crippen LogP contribution in [0, 0.1) is 12.7 Å². The summed E-state index contributed by atoms with van der Waals surface area (Å²) in [6, 6.07) is 13.3. The van der Waals surface area contributed by atoms with Crippen molar-refractivity contribution >= 4 is 5.91 Å². The van der Waals surface area contributed by atoms with Gasteiger partial charge in [0.05, 0.1) is 7.11 Å². The number of nitrogens with zero attached hydrogens (tertiary/aromatic N) is 1. The van der Waals surface area contributed by atoms with Crippen LogP contribution in [0.3, 0.4) is 0 Å². The van der Waals surface area contributed by atoms with Gasteiger partial charge in [0.1, 0.15) is 28.6 Å². The first-order chi connectivity index (χ1) is 12.1. The Morgan fingerprint density at radius 2 is 2.04 bits per heavy atom. The van der Waals surface area contributed by atoms with Crippen LogP contribution in [-0.4, -0.2) is 18.2 Å². The van der Waals surface area contributed by atoms with E-state index >= 15 is 0 Å². The number of methoxy groups -OCH3 is 1. The molecule has 25 heavy (non-hydrogen) atoms. The van der Waals surface area contributed by atoms with Crippen LogP contribution in [0.2, 0.25) is 0 Å². The molecule has 6 heteroatoms. The Bertz CT molecular complexity index is 905. The SMILES string of the molecule is COc1ccccc1CNC(=O)c1c(-c2cccc(F)c2)noc1C. The number of ether oxygens (including phenoxy) is 1. The molecule has 1 amide bonds. The van der Waals surface area contributed by atoms with E-state index in [0.29, 0.717) is 28.3 Å². The van der Waals surface area contributed by atoms with Gasteiger partial charge in [-0.05, 0) is 25.1 Å². The number of hydrogen-bond donors (Lipinski definition) is 1. The van der Waals surface area contributed by atoms with E-state index in [2.05, 4.69) is 10.5 Å². The number of carbonyl (C=O) groups excluding carboxylic acids is 1. The van der Waals surface area contributed by atoms with E-state index in [-0.39, 0.29) is 12.5 Å². The van der Waals surface area contributed by atoms with Crippen molar-refractivity contribution < 1.29 is 18.4 Å². The second-order valence-electron chi connectivity index (χ2n) is 5.47. The highest BCUT2D eigenvalue weighted by atomic mass is 19.1. The van der Waals surface area contributed by atoms with Gasteiger partial charge in [-0.15, -0.1) is 0 Å². The van der Waals surface area contributed by atoms with E-state index in [1.165, 1.54) is 12.1 Å². The zero-order valence-corrected chi connectivity index (χ0v) is 13.9. The number of aromatic nitrogens is 1. The topological polar surface area (TPSA) is 64.4 Å². The molecule has 0 bridgehead atoms. The minimum atomic E-state index is -0.404. The number of halogens is 1. The molecule has 1 aromatic heterocycles. The molecular formula is C19H17FN2O3. The summed E-state index contributed by atoms with van der Waals surface area (Å²) < 4.78 is 23.9. The van der Waals surface area contributed by atoms with Gasteiger partial charge in [-0.25, -0.2) is 4.39 Å². The minimum Gasteiger partial charge on any atom is -0.496 e. The maximum atomic E-state index is 13.5. The molecule has 3 aromatic rings. The Morgan fingerprint density at radius 3 is 2.80 bits per heavy atom. The molecule has 0 unspecified atom stereocenters. The number of aryl methyl sites for hydroxylation is 1. The quantitative estimate of drug-likeness (QED) is 0.769. The van der Waals surface area contributed by atoms with E-state index in [0.717, 1.165) is 5.56 Å². The Kier molecular flexibility index (Phi) is 4.79. The molecule has 0 atom stereocenters. The summed E-state index contributed by atoms with van der Waals surface area (Å²) in [5.41, 5.74) is 1.94. The van der Waals surface area contributed by atoms with Crippen LogP contribution in [0.4, 0.5) is 4.39 Å². The molecule has 0 radical (unpaired) electrons. The predicted octanol–water partition coefficient (Wildman–Crippen LogP) is 3.73. The van der Waals surface area contributed by atoms with Crippen molar-refractivity contribution in [3.8, 4) is 17.0 Å². The first kappa shape index (κ1) is 16.7. The van der Waals surface area contributed by atoms with Gasteiger partial charge in [-0.3, -0.25) is 4.79 Å². The summed E-state index contributed by atoms with van der Waals surface area (Å²) in [6.45, 7) is 1.93. The Hall–Kier alpha value is -3.15. The molecule has 0 spiro atoms. The highest BCUT2D eigenvalue weighted by Crippen LogP contribution is 2.26. The Balaban J connectivity index is 1.84. The van der Waals surface area contributed by atoms with Crippen molar-refractivity contribution in [3.63, 3.8) is 0 Å². The van der Waals surface area contributed by atoms with Crippen LogP contribution >= 0.6 is 0 Å². The maximum Gasteiger partial charge on any atom is 0.257 e. The second-order valence-corrected chi connectivity index (χ2v) is 5.47. The lowest BCUT2D eigenvalue weighted by atomic mass is 10.1. The molecule has 1 N–H and O–H groups in total. The molecule has 0 fully saturated rings. The maximum absolute atomic E-state index is 13.5. The normalized spacial score (nSPS) is 10.5. The number of para-hydroxylation sites is 1. The molecule has 0 saturated carbocycles. The molecule has 128 valence electrons. The third-order valence-electron chi connectivity index (χ3n) is 3.82. The molecular weight excluding hydrogens is 323 g/mol. The molecule has 1 heterocycles. The highest BCUT2D eigenvalue weighted by molar-refractivity contribution is 6.00. The smallest absolute Gasteiger partial charge is 0.257 e. The van der Waals surface area contributed by atoms with Crippen molar-refractivity contribution in [2.75, 3.05) is 7.11 Å². The van der Waals surface area contributed by atoms with Gasteiger partial charge in [0.15, 0.2) is 0 Å². The lowest BCUT2D eigenvalue weighted by Crippen LogP contribution is -2.24. The van der Waals surface area contributed by atoms with E-state index in [4.69, 9.17) is 9.26 Å². The average molecular weight is 340 g/mol. The van der Waals surface area contributed by atoms with Gasteiger partial charge in [-0.2, -0.15) is 0 Å². The van der Waals surface area contributed by atoms with Gasteiger partial charge in [0.25, 0.3) is 5.91 Å². The minimum absolute atomic E-state index is 0.288. The highest BCUT2D eigenvalue weighted by Gasteiger charge is 2.22. The summed E-state index contributed by atoms with van der Waals surface area (Å²) in [6.07, 6.45) is 0. The van der Waals surface area contributed by atoms with E-state index < -0.39 is 5.82 Å². The average Bonchev–Trinajstić information content (AvgIpc) is 3.01. The lowest BCUT2D eigenvalue weighted by Gasteiger charge is -2.09. The zero-order chi connectivity index (χ0) is 17.8. The monoisotopic (exact) mass is 340 g/mol. The molecule has 0 aliphatic carbocycles. The predicted molar refractivity (Wildman–Crippen MR) is 90.8 cm³/mol. The molecule has 5 nitrogen and oxygen atoms in total. The van der Waals surface area contributed by atoms with Crippen molar-refractivity contribution in [3.05, 3.63) is 71.2 Å².